The number of hydrogen-bond donors (Lipinski definition) is 2. The molecule has 2 N–H and O–H groups in total. The number of aryl methyl sites for hydroxylation is 2. The summed E-state index contributed by atoms with van der Waals surface area (Å²) in [5.74, 6) is 0. The van der Waals surface area contributed by atoms with Crippen LogP contribution in [0.1, 0.15) is 16.7 Å². The van der Waals surface area contributed by atoms with Gasteiger partial charge >= 0.3 is 0 Å². The summed E-state index contributed by atoms with van der Waals surface area (Å²) in [6.45, 7) is 9.74. The standard InChI is InChI=1S/C15H25N3/c1-12-4-5-14(8-13(12)2)9-16-10-15-11-18(3)7-6-17-15/h4-5,8,15-17H,6-7,9-11H2,1-3H3. The zero-order valence-corrected chi connectivity index (χ0v) is 11.8. The molecular formula is C15H25N3. The van der Waals surface area contributed by atoms with Gasteiger partial charge in [0.15, 0.2) is 0 Å². The Kier molecular flexibility index (Phi) is 4.75. The number of hydrogen-bond acceptors (Lipinski definition) is 3. The maximum absolute atomic E-state index is 3.55. The number of piperazine rings is 1. The highest BCUT2D eigenvalue weighted by Crippen LogP contribution is 2.09. The molecule has 1 saturated heterocycles. The van der Waals surface area contributed by atoms with Crippen molar-refractivity contribution in [1.82, 2.24) is 15.5 Å². The Hall–Kier alpha value is -0.900. The van der Waals surface area contributed by atoms with Gasteiger partial charge in [-0.3, -0.25) is 0 Å². The molecule has 3 heteroatoms. The van der Waals surface area contributed by atoms with Crippen LogP contribution in [-0.4, -0.2) is 44.2 Å². The van der Waals surface area contributed by atoms with E-state index in [1.807, 2.05) is 0 Å². The van der Waals surface area contributed by atoms with Crippen molar-refractivity contribution in [2.24, 2.45) is 0 Å². The van der Waals surface area contributed by atoms with E-state index < -0.39 is 0 Å². The maximum atomic E-state index is 3.55. The number of nitrogens with zero attached hydrogens (tertiary/aromatic N) is 1. The molecule has 100 valence electrons. The summed E-state index contributed by atoms with van der Waals surface area (Å²) < 4.78 is 0. The van der Waals surface area contributed by atoms with Gasteiger partial charge in [-0.1, -0.05) is 18.2 Å². The number of benzene rings is 1. The molecular weight excluding hydrogens is 222 g/mol. The van der Waals surface area contributed by atoms with Crippen LogP contribution >= 0.6 is 0 Å². The zero-order chi connectivity index (χ0) is 13.0. The van der Waals surface area contributed by atoms with Gasteiger partial charge in [-0.2, -0.15) is 0 Å². The Morgan fingerprint density at radius 3 is 2.89 bits per heavy atom. The van der Waals surface area contributed by atoms with Crippen LogP contribution < -0.4 is 10.6 Å². The van der Waals surface area contributed by atoms with Gasteiger partial charge in [0.1, 0.15) is 0 Å². The second-order valence-corrected chi connectivity index (χ2v) is 5.46. The first kappa shape index (κ1) is 13.5. The van der Waals surface area contributed by atoms with Gasteiger partial charge < -0.3 is 15.5 Å². The molecule has 18 heavy (non-hydrogen) atoms. The number of likely N-dealkylation sites (N-methyl/N-ethyl adjacent to an activating group) is 1. The highest BCUT2D eigenvalue weighted by molar-refractivity contribution is 5.29. The Bertz CT molecular complexity index is 389. The van der Waals surface area contributed by atoms with Gasteiger partial charge in [0.25, 0.3) is 0 Å². The maximum Gasteiger partial charge on any atom is 0.0320 e. The summed E-state index contributed by atoms with van der Waals surface area (Å²) in [5.41, 5.74) is 4.13. The number of nitrogens with one attached hydrogen (secondary N) is 2. The molecule has 1 unspecified atom stereocenters. The Morgan fingerprint density at radius 2 is 2.17 bits per heavy atom. The molecule has 1 aliphatic heterocycles. The van der Waals surface area contributed by atoms with Gasteiger partial charge in [0, 0.05) is 38.8 Å². The van der Waals surface area contributed by atoms with E-state index in [1.54, 1.807) is 0 Å². The monoisotopic (exact) mass is 247 g/mol. The molecule has 1 heterocycles. The third-order valence-corrected chi connectivity index (χ3v) is 3.75. The van der Waals surface area contributed by atoms with Crippen molar-refractivity contribution in [2.75, 3.05) is 33.2 Å². The SMILES string of the molecule is Cc1ccc(CNCC2CN(C)CCN2)cc1C. The Morgan fingerprint density at radius 1 is 1.33 bits per heavy atom. The minimum atomic E-state index is 0.579. The fraction of sp³-hybridized carbons (Fsp3) is 0.600. The molecule has 1 aromatic carbocycles. The lowest BCUT2D eigenvalue weighted by Gasteiger charge is -2.31. The Labute approximate surface area is 111 Å². The average molecular weight is 247 g/mol. The van der Waals surface area contributed by atoms with E-state index in [9.17, 15) is 0 Å². The summed E-state index contributed by atoms with van der Waals surface area (Å²) >= 11 is 0. The van der Waals surface area contributed by atoms with E-state index >= 15 is 0 Å². The minimum absolute atomic E-state index is 0.579. The fourth-order valence-electron chi connectivity index (χ4n) is 2.43. The van der Waals surface area contributed by atoms with E-state index in [-0.39, 0.29) is 0 Å². The highest BCUT2D eigenvalue weighted by atomic mass is 15.2. The summed E-state index contributed by atoms with van der Waals surface area (Å²) in [6, 6.07) is 7.28. The van der Waals surface area contributed by atoms with Crippen LogP contribution in [-0.2, 0) is 6.54 Å². The zero-order valence-electron chi connectivity index (χ0n) is 11.8. The molecule has 0 spiro atoms. The molecule has 1 aromatic rings. The van der Waals surface area contributed by atoms with Gasteiger partial charge in [-0.15, -0.1) is 0 Å². The molecule has 1 atom stereocenters. The molecule has 0 aromatic heterocycles. The molecule has 0 bridgehead atoms. The normalized spacial score (nSPS) is 21.2. The largest absolute Gasteiger partial charge is 0.311 e. The molecule has 0 amide bonds. The topological polar surface area (TPSA) is 27.3 Å². The molecule has 1 fully saturated rings. The van der Waals surface area contributed by atoms with Crippen molar-refractivity contribution in [3.8, 4) is 0 Å². The second-order valence-electron chi connectivity index (χ2n) is 5.46. The molecule has 1 aliphatic rings. The first-order valence-electron chi connectivity index (χ1n) is 6.84. The lowest BCUT2D eigenvalue weighted by atomic mass is 10.1. The van der Waals surface area contributed by atoms with Crippen LogP contribution in [0.15, 0.2) is 18.2 Å². The van der Waals surface area contributed by atoms with E-state index in [1.165, 1.54) is 16.7 Å². The van der Waals surface area contributed by atoms with E-state index in [4.69, 9.17) is 0 Å². The van der Waals surface area contributed by atoms with E-state index in [0.717, 1.165) is 32.7 Å². The quantitative estimate of drug-likeness (QED) is 0.840. The molecule has 0 radical (unpaired) electrons. The number of rotatable bonds is 4. The van der Waals surface area contributed by atoms with Crippen molar-refractivity contribution in [2.45, 2.75) is 26.4 Å². The Balaban J connectivity index is 1.76. The van der Waals surface area contributed by atoms with Crippen LogP contribution in [0.4, 0.5) is 0 Å². The molecule has 0 aliphatic carbocycles. The van der Waals surface area contributed by atoms with Crippen molar-refractivity contribution < 1.29 is 0 Å². The van der Waals surface area contributed by atoms with Crippen LogP contribution in [0.2, 0.25) is 0 Å². The van der Waals surface area contributed by atoms with Crippen molar-refractivity contribution in [1.29, 1.82) is 0 Å². The average Bonchev–Trinajstić information content (AvgIpc) is 2.34. The lowest BCUT2D eigenvalue weighted by Crippen LogP contribution is -2.52. The second kappa shape index (κ2) is 6.32. The van der Waals surface area contributed by atoms with Gasteiger partial charge in [-0.05, 0) is 37.6 Å². The van der Waals surface area contributed by atoms with Gasteiger partial charge in [-0.25, -0.2) is 0 Å². The summed E-state index contributed by atoms with van der Waals surface area (Å²) in [4.78, 5) is 2.39. The van der Waals surface area contributed by atoms with Gasteiger partial charge in [0.2, 0.25) is 0 Å². The van der Waals surface area contributed by atoms with Crippen LogP contribution in [0, 0.1) is 13.8 Å². The molecule has 0 saturated carbocycles. The van der Waals surface area contributed by atoms with Crippen LogP contribution in [0.5, 0.6) is 0 Å². The smallest absolute Gasteiger partial charge is 0.0320 e. The predicted octanol–water partition coefficient (Wildman–Crippen LogP) is 1.30. The fourth-order valence-corrected chi connectivity index (χ4v) is 2.43. The summed E-state index contributed by atoms with van der Waals surface area (Å²) in [6.07, 6.45) is 0. The van der Waals surface area contributed by atoms with Crippen molar-refractivity contribution in [3.05, 3.63) is 34.9 Å². The van der Waals surface area contributed by atoms with Crippen molar-refractivity contribution in [3.63, 3.8) is 0 Å². The highest BCUT2D eigenvalue weighted by Gasteiger charge is 2.15. The minimum Gasteiger partial charge on any atom is -0.311 e. The van der Waals surface area contributed by atoms with E-state index in [0.29, 0.717) is 6.04 Å². The first-order valence-corrected chi connectivity index (χ1v) is 6.84. The van der Waals surface area contributed by atoms with Crippen molar-refractivity contribution >= 4 is 0 Å². The molecule has 2 rings (SSSR count). The van der Waals surface area contributed by atoms with E-state index in [2.05, 4.69) is 54.6 Å². The first-order chi connectivity index (χ1) is 8.65. The van der Waals surface area contributed by atoms with Gasteiger partial charge in [0.05, 0.1) is 0 Å². The van der Waals surface area contributed by atoms with Crippen LogP contribution in [0.25, 0.3) is 0 Å². The summed E-state index contributed by atoms with van der Waals surface area (Å²) in [5, 5.41) is 7.10. The third kappa shape index (κ3) is 3.80. The summed E-state index contributed by atoms with van der Waals surface area (Å²) in [7, 11) is 2.19. The predicted molar refractivity (Wildman–Crippen MR) is 76.9 cm³/mol. The third-order valence-electron chi connectivity index (χ3n) is 3.75. The lowest BCUT2D eigenvalue weighted by molar-refractivity contribution is 0.235. The van der Waals surface area contributed by atoms with Crippen LogP contribution in [0.3, 0.4) is 0 Å². The molecule has 3 nitrogen and oxygen atoms in total.